The molecule has 2 heterocycles. The van der Waals surface area contributed by atoms with Crippen molar-refractivity contribution in [3.63, 3.8) is 0 Å². The maximum atomic E-state index is 12.3. The number of piperidine rings is 1. The van der Waals surface area contributed by atoms with Crippen LogP contribution in [0.4, 0.5) is 10.6 Å². The number of aryl methyl sites for hydroxylation is 1. The second-order valence-corrected chi connectivity index (χ2v) is 6.74. The molecule has 25 heavy (non-hydrogen) atoms. The molecule has 1 aromatic heterocycles. The molecule has 0 unspecified atom stereocenters. The lowest BCUT2D eigenvalue weighted by molar-refractivity contribution is 0.182. The van der Waals surface area contributed by atoms with Crippen LogP contribution in [0.1, 0.15) is 18.4 Å². The minimum Gasteiger partial charge on any atom is -0.324 e. The standard InChI is InChI=1S/C18H21ClN4O2/c1-22-17(24)7-6-16(21-22)20-18(25)23-10-8-13(9-11-23)12-14-4-2-3-5-15(14)19/h2-7,13H,8-12H2,1H3,(H,20,21,25). The molecule has 7 heteroatoms. The van der Waals surface area contributed by atoms with Gasteiger partial charge in [-0.15, -0.1) is 0 Å². The van der Waals surface area contributed by atoms with Crippen molar-refractivity contribution in [2.75, 3.05) is 18.4 Å². The number of rotatable bonds is 3. The van der Waals surface area contributed by atoms with Crippen molar-refractivity contribution in [1.82, 2.24) is 14.7 Å². The van der Waals surface area contributed by atoms with E-state index >= 15 is 0 Å². The molecule has 132 valence electrons. The number of likely N-dealkylation sites (tertiary alicyclic amines) is 1. The zero-order chi connectivity index (χ0) is 17.8. The Labute approximate surface area is 151 Å². The molecule has 1 aliphatic rings. The average molecular weight is 361 g/mol. The minimum atomic E-state index is -0.210. The molecule has 0 spiro atoms. The summed E-state index contributed by atoms with van der Waals surface area (Å²) in [7, 11) is 1.55. The molecule has 1 aromatic carbocycles. The van der Waals surface area contributed by atoms with E-state index in [1.165, 1.54) is 22.4 Å². The third-order valence-corrected chi connectivity index (χ3v) is 4.93. The van der Waals surface area contributed by atoms with Crippen LogP contribution in [0.5, 0.6) is 0 Å². The second kappa shape index (κ2) is 7.70. The number of amides is 2. The lowest BCUT2D eigenvalue weighted by atomic mass is 9.90. The van der Waals surface area contributed by atoms with Crippen LogP contribution in [0.15, 0.2) is 41.2 Å². The van der Waals surface area contributed by atoms with Crippen LogP contribution < -0.4 is 10.9 Å². The molecule has 3 rings (SSSR count). The highest BCUT2D eigenvalue weighted by Crippen LogP contribution is 2.25. The highest BCUT2D eigenvalue weighted by Gasteiger charge is 2.23. The first kappa shape index (κ1) is 17.5. The van der Waals surface area contributed by atoms with Crippen LogP contribution in [0, 0.1) is 5.92 Å². The predicted octanol–water partition coefficient (Wildman–Crippen LogP) is 2.92. The molecule has 2 aromatic rings. The van der Waals surface area contributed by atoms with Gasteiger partial charge < -0.3 is 4.90 Å². The summed E-state index contributed by atoms with van der Waals surface area (Å²) in [6.45, 7) is 1.40. The van der Waals surface area contributed by atoms with Crippen LogP contribution in [0.25, 0.3) is 0 Å². The number of urea groups is 1. The lowest BCUT2D eigenvalue weighted by Crippen LogP contribution is -2.41. The van der Waals surface area contributed by atoms with Crippen molar-refractivity contribution >= 4 is 23.4 Å². The van der Waals surface area contributed by atoms with Gasteiger partial charge in [0.15, 0.2) is 5.82 Å². The molecule has 0 saturated carbocycles. The van der Waals surface area contributed by atoms with Crippen molar-refractivity contribution in [2.24, 2.45) is 13.0 Å². The van der Waals surface area contributed by atoms with Gasteiger partial charge in [-0.05, 0) is 42.9 Å². The normalized spacial score (nSPS) is 15.2. The summed E-state index contributed by atoms with van der Waals surface area (Å²) in [5.41, 5.74) is 0.958. The number of halogens is 1. The van der Waals surface area contributed by atoms with E-state index in [0.717, 1.165) is 24.3 Å². The van der Waals surface area contributed by atoms with Gasteiger partial charge >= 0.3 is 6.03 Å². The Balaban J connectivity index is 1.53. The van der Waals surface area contributed by atoms with Crippen LogP contribution in [-0.4, -0.2) is 33.8 Å². The summed E-state index contributed by atoms with van der Waals surface area (Å²) >= 11 is 6.23. The van der Waals surface area contributed by atoms with Gasteiger partial charge in [-0.1, -0.05) is 29.8 Å². The molecule has 6 nitrogen and oxygen atoms in total. The minimum absolute atomic E-state index is 0.178. The van der Waals surface area contributed by atoms with E-state index in [2.05, 4.69) is 16.5 Å². The van der Waals surface area contributed by atoms with Crippen molar-refractivity contribution in [3.05, 3.63) is 57.3 Å². The van der Waals surface area contributed by atoms with Crippen molar-refractivity contribution < 1.29 is 4.79 Å². The highest BCUT2D eigenvalue weighted by atomic mass is 35.5. The summed E-state index contributed by atoms with van der Waals surface area (Å²) in [6, 6.07) is 10.6. The van der Waals surface area contributed by atoms with Gasteiger partial charge in [0.2, 0.25) is 0 Å². The van der Waals surface area contributed by atoms with Crippen molar-refractivity contribution in [1.29, 1.82) is 0 Å². The first-order chi connectivity index (χ1) is 12.0. The maximum absolute atomic E-state index is 12.3. The lowest BCUT2D eigenvalue weighted by Gasteiger charge is -2.32. The summed E-state index contributed by atoms with van der Waals surface area (Å²) in [4.78, 5) is 25.5. The van der Waals surface area contributed by atoms with E-state index in [-0.39, 0.29) is 11.6 Å². The molecule has 1 fully saturated rings. The van der Waals surface area contributed by atoms with Crippen molar-refractivity contribution in [3.8, 4) is 0 Å². The molecular formula is C18H21ClN4O2. The van der Waals surface area contributed by atoms with E-state index in [9.17, 15) is 9.59 Å². The quantitative estimate of drug-likeness (QED) is 0.915. The number of hydrogen-bond donors (Lipinski definition) is 1. The molecule has 1 aliphatic heterocycles. The van der Waals surface area contributed by atoms with E-state index < -0.39 is 0 Å². The van der Waals surface area contributed by atoms with Crippen LogP contribution in [-0.2, 0) is 13.5 Å². The predicted molar refractivity (Wildman–Crippen MR) is 97.9 cm³/mol. The third kappa shape index (κ3) is 4.39. The molecule has 0 aliphatic carbocycles. The number of aromatic nitrogens is 2. The second-order valence-electron chi connectivity index (χ2n) is 6.34. The molecular weight excluding hydrogens is 340 g/mol. The molecule has 0 radical (unpaired) electrons. The van der Waals surface area contributed by atoms with E-state index in [0.29, 0.717) is 24.8 Å². The molecule has 0 bridgehead atoms. The number of hydrogen-bond acceptors (Lipinski definition) is 3. The van der Waals surface area contributed by atoms with Crippen LogP contribution in [0.2, 0.25) is 5.02 Å². The Bertz CT molecular complexity index is 813. The molecule has 2 amide bonds. The Morgan fingerprint density at radius 1 is 1.24 bits per heavy atom. The summed E-state index contributed by atoms with van der Waals surface area (Å²) in [6.07, 6.45) is 2.83. The Morgan fingerprint density at radius 3 is 2.64 bits per heavy atom. The molecule has 1 N–H and O–H groups in total. The SMILES string of the molecule is Cn1nc(NC(=O)N2CCC(Cc3ccccc3Cl)CC2)ccc1=O. The number of carbonyl (C=O) groups is 1. The van der Waals surface area contributed by atoms with Crippen LogP contribution in [0.3, 0.4) is 0 Å². The number of nitrogens with one attached hydrogen (secondary N) is 1. The van der Waals surface area contributed by atoms with Gasteiger partial charge in [-0.3, -0.25) is 10.1 Å². The Hall–Kier alpha value is -2.34. The smallest absolute Gasteiger partial charge is 0.323 e. The summed E-state index contributed by atoms with van der Waals surface area (Å²) in [5.74, 6) is 0.907. The number of anilines is 1. The van der Waals surface area contributed by atoms with Gasteiger partial charge in [-0.25, -0.2) is 9.48 Å². The van der Waals surface area contributed by atoms with Gasteiger partial charge in [0.05, 0.1) is 0 Å². The topological polar surface area (TPSA) is 67.2 Å². The average Bonchev–Trinajstić information content (AvgIpc) is 2.61. The third-order valence-electron chi connectivity index (χ3n) is 4.56. The number of carbonyl (C=O) groups excluding carboxylic acids is 1. The highest BCUT2D eigenvalue weighted by molar-refractivity contribution is 6.31. The Morgan fingerprint density at radius 2 is 1.96 bits per heavy atom. The number of nitrogens with zero attached hydrogens (tertiary/aromatic N) is 3. The zero-order valence-corrected chi connectivity index (χ0v) is 14.9. The van der Waals surface area contributed by atoms with Gasteiger partial charge in [0, 0.05) is 31.2 Å². The Kier molecular flexibility index (Phi) is 5.38. The largest absolute Gasteiger partial charge is 0.324 e. The van der Waals surface area contributed by atoms with Crippen molar-refractivity contribution in [2.45, 2.75) is 19.3 Å². The van der Waals surface area contributed by atoms with E-state index in [1.54, 1.807) is 11.9 Å². The first-order valence-electron chi connectivity index (χ1n) is 8.36. The van der Waals surface area contributed by atoms with E-state index in [4.69, 9.17) is 11.6 Å². The van der Waals surface area contributed by atoms with Gasteiger partial charge in [0.25, 0.3) is 5.56 Å². The van der Waals surface area contributed by atoms with Gasteiger partial charge in [0.1, 0.15) is 0 Å². The maximum Gasteiger partial charge on any atom is 0.323 e. The first-order valence-corrected chi connectivity index (χ1v) is 8.74. The van der Waals surface area contributed by atoms with Crippen LogP contribution >= 0.6 is 11.6 Å². The zero-order valence-electron chi connectivity index (χ0n) is 14.1. The fraction of sp³-hybridized carbons (Fsp3) is 0.389. The number of benzene rings is 1. The monoisotopic (exact) mass is 360 g/mol. The summed E-state index contributed by atoms with van der Waals surface area (Å²) in [5, 5.41) is 7.58. The molecule has 1 saturated heterocycles. The fourth-order valence-corrected chi connectivity index (χ4v) is 3.29. The van der Waals surface area contributed by atoms with Gasteiger partial charge in [-0.2, -0.15) is 5.10 Å². The summed E-state index contributed by atoms with van der Waals surface area (Å²) < 4.78 is 1.20. The van der Waals surface area contributed by atoms with E-state index in [1.807, 2.05) is 18.2 Å². The molecule has 0 atom stereocenters. The fourth-order valence-electron chi connectivity index (χ4n) is 3.07.